The number of aromatic nitrogens is 1. The van der Waals surface area contributed by atoms with Crippen LogP contribution in [0.4, 0.5) is 5.13 Å². The first-order valence-corrected chi connectivity index (χ1v) is 11.3. The molecule has 0 amide bonds. The summed E-state index contributed by atoms with van der Waals surface area (Å²) < 4.78 is 17.1. The Bertz CT molecular complexity index is 1290. The van der Waals surface area contributed by atoms with E-state index in [1.165, 1.54) is 11.3 Å². The number of nitrogens with zero attached hydrogens (tertiary/aromatic N) is 2. The highest BCUT2D eigenvalue weighted by atomic mass is 35.5. The van der Waals surface area contributed by atoms with Gasteiger partial charge in [-0.3, -0.25) is 5.43 Å². The van der Waals surface area contributed by atoms with Crippen molar-refractivity contribution in [3.05, 3.63) is 101 Å². The van der Waals surface area contributed by atoms with Gasteiger partial charge >= 0.3 is 0 Å². The van der Waals surface area contributed by atoms with E-state index in [1.807, 2.05) is 72.8 Å². The summed E-state index contributed by atoms with van der Waals surface area (Å²) in [6, 6.07) is 22.7. The Morgan fingerprint density at radius 1 is 0.939 bits per heavy atom. The number of thiazole rings is 1. The lowest BCUT2D eigenvalue weighted by molar-refractivity contribution is 0.306. The molecule has 0 fully saturated rings. The third-order valence-corrected chi connectivity index (χ3v) is 5.94. The molecular weight excluding hydrogens is 458 g/mol. The quantitative estimate of drug-likeness (QED) is 0.188. The Hall–Kier alpha value is -3.81. The molecule has 0 saturated heterocycles. The fraction of sp³-hybridized carbons (Fsp3) is 0.0400. The highest BCUT2D eigenvalue weighted by Gasteiger charge is 2.18. The van der Waals surface area contributed by atoms with Gasteiger partial charge in [-0.1, -0.05) is 47.2 Å². The number of para-hydroxylation sites is 1. The van der Waals surface area contributed by atoms with E-state index in [0.717, 1.165) is 27.5 Å². The summed E-state index contributed by atoms with van der Waals surface area (Å²) in [7, 11) is 0. The van der Waals surface area contributed by atoms with Gasteiger partial charge < -0.3 is 13.6 Å². The van der Waals surface area contributed by atoms with E-state index < -0.39 is 0 Å². The molecule has 5 rings (SSSR count). The zero-order valence-electron chi connectivity index (χ0n) is 17.3. The zero-order chi connectivity index (χ0) is 22.5. The molecular formula is C25H18ClN3O3S. The first-order chi connectivity index (χ1) is 16.3. The van der Waals surface area contributed by atoms with Crippen LogP contribution in [0.2, 0.25) is 5.02 Å². The average molecular weight is 476 g/mol. The van der Waals surface area contributed by atoms with Crippen LogP contribution < -0.4 is 10.2 Å². The van der Waals surface area contributed by atoms with E-state index in [9.17, 15) is 0 Å². The molecule has 0 radical (unpaired) electrons. The van der Waals surface area contributed by atoms with E-state index in [1.54, 1.807) is 18.7 Å². The fourth-order valence-corrected chi connectivity index (χ4v) is 4.15. The fourth-order valence-electron chi connectivity index (χ4n) is 3.14. The van der Waals surface area contributed by atoms with Crippen molar-refractivity contribution in [2.75, 3.05) is 5.43 Å². The number of benzene rings is 2. The summed E-state index contributed by atoms with van der Waals surface area (Å²) in [5.41, 5.74) is 5.58. The molecule has 2 aromatic carbocycles. The van der Waals surface area contributed by atoms with Gasteiger partial charge in [0.1, 0.15) is 28.7 Å². The van der Waals surface area contributed by atoms with Crippen molar-refractivity contribution in [3.8, 4) is 27.8 Å². The molecule has 0 saturated carbocycles. The largest absolute Gasteiger partial charge is 0.488 e. The lowest BCUT2D eigenvalue weighted by Crippen LogP contribution is -1.99. The monoisotopic (exact) mass is 475 g/mol. The maximum atomic E-state index is 5.99. The van der Waals surface area contributed by atoms with Crippen LogP contribution in [0, 0.1) is 0 Å². The van der Waals surface area contributed by atoms with Crippen molar-refractivity contribution in [3.63, 3.8) is 0 Å². The predicted molar refractivity (Wildman–Crippen MR) is 131 cm³/mol. The number of rotatable bonds is 8. The van der Waals surface area contributed by atoms with Gasteiger partial charge in [-0.05, 0) is 54.1 Å². The smallest absolute Gasteiger partial charge is 0.204 e. The van der Waals surface area contributed by atoms with Gasteiger partial charge in [-0.25, -0.2) is 4.98 Å². The van der Waals surface area contributed by atoms with Crippen LogP contribution in [0.5, 0.6) is 5.75 Å². The molecule has 0 aliphatic carbocycles. The predicted octanol–water partition coefficient (Wildman–Crippen LogP) is 7.34. The number of hydrogen-bond donors (Lipinski definition) is 1. The highest BCUT2D eigenvalue weighted by Crippen LogP contribution is 2.39. The lowest BCUT2D eigenvalue weighted by Gasteiger charge is -2.09. The zero-order valence-corrected chi connectivity index (χ0v) is 18.8. The molecule has 1 N–H and O–H groups in total. The minimum atomic E-state index is 0.431. The van der Waals surface area contributed by atoms with Crippen molar-refractivity contribution in [1.29, 1.82) is 0 Å². The SMILES string of the molecule is Clc1ccc(COc2ccccc2/C=N\Nc2nc(-c3ccco3)c(-c3ccco3)s2)cc1. The molecule has 0 aliphatic rings. The Labute approximate surface area is 199 Å². The Morgan fingerprint density at radius 2 is 1.70 bits per heavy atom. The van der Waals surface area contributed by atoms with Crippen LogP contribution in [0.15, 0.2) is 99.3 Å². The minimum absolute atomic E-state index is 0.431. The van der Waals surface area contributed by atoms with Crippen LogP contribution in [-0.4, -0.2) is 11.2 Å². The molecule has 0 bridgehead atoms. The normalized spacial score (nSPS) is 11.2. The molecule has 0 unspecified atom stereocenters. The second kappa shape index (κ2) is 9.77. The summed E-state index contributed by atoms with van der Waals surface area (Å²) in [5.74, 6) is 2.11. The maximum Gasteiger partial charge on any atom is 0.204 e. The number of anilines is 1. The second-order valence-electron chi connectivity index (χ2n) is 6.97. The van der Waals surface area contributed by atoms with Crippen LogP contribution in [0.3, 0.4) is 0 Å². The molecule has 5 aromatic rings. The van der Waals surface area contributed by atoms with Crippen molar-refractivity contribution in [1.82, 2.24) is 4.98 Å². The van der Waals surface area contributed by atoms with Gasteiger partial charge in [0.15, 0.2) is 5.76 Å². The Balaban J connectivity index is 1.32. The first-order valence-electron chi connectivity index (χ1n) is 10.1. The van der Waals surface area contributed by atoms with E-state index in [2.05, 4.69) is 15.5 Å². The van der Waals surface area contributed by atoms with Crippen LogP contribution in [-0.2, 0) is 6.61 Å². The van der Waals surface area contributed by atoms with Gasteiger partial charge in [-0.15, -0.1) is 0 Å². The molecule has 0 aliphatic heterocycles. The van der Waals surface area contributed by atoms with Crippen molar-refractivity contribution < 1.29 is 13.6 Å². The summed E-state index contributed by atoms with van der Waals surface area (Å²) in [6.45, 7) is 0.431. The maximum absolute atomic E-state index is 5.99. The van der Waals surface area contributed by atoms with Crippen molar-refractivity contribution in [2.45, 2.75) is 6.61 Å². The lowest BCUT2D eigenvalue weighted by atomic mass is 10.2. The van der Waals surface area contributed by atoms with Crippen LogP contribution in [0.25, 0.3) is 22.1 Å². The molecule has 8 heteroatoms. The van der Waals surface area contributed by atoms with Gasteiger partial charge in [0.25, 0.3) is 0 Å². The van der Waals surface area contributed by atoms with E-state index in [0.29, 0.717) is 28.2 Å². The van der Waals surface area contributed by atoms with Crippen LogP contribution in [0.1, 0.15) is 11.1 Å². The Kier molecular flexibility index (Phi) is 6.23. The number of hydrogen-bond acceptors (Lipinski definition) is 7. The average Bonchev–Trinajstić information content (AvgIpc) is 3.61. The Morgan fingerprint density at radius 3 is 2.45 bits per heavy atom. The van der Waals surface area contributed by atoms with Crippen LogP contribution >= 0.6 is 22.9 Å². The molecule has 3 aromatic heterocycles. The van der Waals surface area contributed by atoms with Gasteiger partial charge in [-0.2, -0.15) is 5.10 Å². The molecule has 0 atom stereocenters. The standard InChI is InChI=1S/C25H18ClN3O3S/c26-19-11-9-17(10-12-19)16-32-20-6-2-1-5-18(20)15-27-29-25-28-23(21-7-3-13-30-21)24(33-25)22-8-4-14-31-22/h1-15H,16H2,(H,28,29)/b27-15-. The molecule has 6 nitrogen and oxygen atoms in total. The first kappa shape index (κ1) is 21.1. The topological polar surface area (TPSA) is 72.8 Å². The summed E-state index contributed by atoms with van der Waals surface area (Å²) in [4.78, 5) is 5.50. The highest BCUT2D eigenvalue weighted by molar-refractivity contribution is 7.19. The summed E-state index contributed by atoms with van der Waals surface area (Å²) in [6.07, 6.45) is 4.96. The summed E-state index contributed by atoms with van der Waals surface area (Å²) >= 11 is 7.38. The molecule has 33 heavy (non-hydrogen) atoms. The summed E-state index contributed by atoms with van der Waals surface area (Å²) in [5, 5.41) is 5.68. The number of halogens is 1. The van der Waals surface area contributed by atoms with Crippen molar-refractivity contribution in [2.24, 2.45) is 5.10 Å². The third-order valence-electron chi connectivity index (χ3n) is 4.72. The van der Waals surface area contributed by atoms with Gasteiger partial charge in [0.05, 0.1) is 18.7 Å². The molecule has 0 spiro atoms. The van der Waals surface area contributed by atoms with E-state index in [-0.39, 0.29) is 0 Å². The number of furan rings is 2. The number of hydrazone groups is 1. The number of ether oxygens (including phenoxy) is 1. The van der Waals surface area contributed by atoms with Gasteiger partial charge in [0, 0.05) is 10.6 Å². The van der Waals surface area contributed by atoms with Crippen molar-refractivity contribution >= 4 is 34.3 Å². The molecule has 3 heterocycles. The molecule has 164 valence electrons. The van der Waals surface area contributed by atoms with E-state index in [4.69, 9.17) is 25.2 Å². The second-order valence-corrected chi connectivity index (χ2v) is 8.41. The van der Waals surface area contributed by atoms with E-state index >= 15 is 0 Å². The third kappa shape index (κ3) is 5.00. The minimum Gasteiger partial charge on any atom is -0.488 e. The number of nitrogens with one attached hydrogen (secondary N) is 1. The van der Waals surface area contributed by atoms with Gasteiger partial charge in [0.2, 0.25) is 5.13 Å².